The standard InChI is InChI=1S/C28H32S2/c1-23(2)21-25(16-12-15-24-13-6-3-7-14-24)22-28(29-26-17-8-4-9-18-26)30-27-19-10-5-11-20-27/h3-11,13-14,17-20,25,28H,1,12,15-16,21-22H2,2H3. The second kappa shape index (κ2) is 12.7. The van der Waals surface area contributed by atoms with E-state index in [1.165, 1.54) is 40.2 Å². The van der Waals surface area contributed by atoms with Gasteiger partial charge in [0.05, 0.1) is 4.58 Å². The Morgan fingerprint density at radius 3 is 1.77 bits per heavy atom. The van der Waals surface area contributed by atoms with Gasteiger partial charge in [-0.3, -0.25) is 0 Å². The van der Waals surface area contributed by atoms with Crippen molar-refractivity contribution in [1.82, 2.24) is 0 Å². The molecule has 156 valence electrons. The highest BCUT2D eigenvalue weighted by molar-refractivity contribution is 8.17. The van der Waals surface area contributed by atoms with Crippen molar-refractivity contribution in [2.75, 3.05) is 0 Å². The quantitative estimate of drug-likeness (QED) is 0.159. The highest BCUT2D eigenvalue weighted by atomic mass is 32.2. The van der Waals surface area contributed by atoms with Crippen LogP contribution in [0, 0.1) is 5.92 Å². The monoisotopic (exact) mass is 432 g/mol. The smallest absolute Gasteiger partial charge is 0.0599 e. The predicted octanol–water partition coefficient (Wildman–Crippen LogP) is 8.89. The number of hydrogen-bond donors (Lipinski definition) is 0. The fourth-order valence-electron chi connectivity index (χ4n) is 3.73. The Morgan fingerprint density at radius 1 is 0.767 bits per heavy atom. The van der Waals surface area contributed by atoms with Crippen LogP contribution in [0.15, 0.2) is 113 Å². The van der Waals surface area contributed by atoms with E-state index in [0.717, 1.165) is 12.8 Å². The van der Waals surface area contributed by atoms with Gasteiger partial charge in [-0.2, -0.15) is 0 Å². The average Bonchev–Trinajstić information content (AvgIpc) is 2.75. The highest BCUT2D eigenvalue weighted by Crippen LogP contribution is 2.40. The van der Waals surface area contributed by atoms with Crippen molar-refractivity contribution in [3.63, 3.8) is 0 Å². The summed E-state index contributed by atoms with van der Waals surface area (Å²) in [4.78, 5) is 2.70. The minimum absolute atomic E-state index is 0.496. The number of allylic oxidation sites excluding steroid dienone is 1. The van der Waals surface area contributed by atoms with Gasteiger partial charge in [-0.05, 0) is 74.8 Å². The third kappa shape index (κ3) is 8.45. The third-order valence-electron chi connectivity index (χ3n) is 5.11. The van der Waals surface area contributed by atoms with Crippen LogP contribution in [0.5, 0.6) is 0 Å². The molecule has 0 spiro atoms. The molecule has 0 N–H and O–H groups in total. The van der Waals surface area contributed by atoms with Crippen LogP contribution in [0.2, 0.25) is 0 Å². The van der Waals surface area contributed by atoms with Crippen LogP contribution < -0.4 is 0 Å². The van der Waals surface area contributed by atoms with Crippen LogP contribution in [0.3, 0.4) is 0 Å². The number of thioether (sulfide) groups is 2. The molecule has 30 heavy (non-hydrogen) atoms. The Labute approximate surface area is 191 Å². The molecule has 2 heteroatoms. The SMILES string of the molecule is C=C(C)CC(CCCc1ccccc1)CC(Sc1ccccc1)Sc1ccccc1. The van der Waals surface area contributed by atoms with Gasteiger partial charge in [0, 0.05) is 9.79 Å². The summed E-state index contributed by atoms with van der Waals surface area (Å²) in [5.74, 6) is 0.670. The third-order valence-corrected chi connectivity index (χ3v) is 7.68. The maximum absolute atomic E-state index is 4.22. The second-order valence-corrected chi connectivity index (χ2v) is 10.8. The molecule has 0 heterocycles. The molecular weight excluding hydrogens is 400 g/mol. The Bertz CT molecular complexity index is 817. The van der Waals surface area contributed by atoms with Gasteiger partial charge in [0.2, 0.25) is 0 Å². The maximum Gasteiger partial charge on any atom is 0.0599 e. The normalized spacial score (nSPS) is 12.1. The lowest BCUT2D eigenvalue weighted by atomic mass is 9.92. The Hall–Kier alpha value is -1.90. The molecule has 3 rings (SSSR count). The number of rotatable bonds is 12. The van der Waals surface area contributed by atoms with Gasteiger partial charge in [-0.1, -0.05) is 72.3 Å². The van der Waals surface area contributed by atoms with E-state index in [1.807, 2.05) is 23.5 Å². The zero-order valence-corrected chi connectivity index (χ0v) is 19.5. The van der Waals surface area contributed by atoms with E-state index >= 15 is 0 Å². The summed E-state index contributed by atoms with van der Waals surface area (Å²) >= 11 is 4.00. The van der Waals surface area contributed by atoms with E-state index in [4.69, 9.17) is 0 Å². The van der Waals surface area contributed by atoms with Gasteiger partial charge in [0.1, 0.15) is 0 Å². The Kier molecular flexibility index (Phi) is 9.66. The van der Waals surface area contributed by atoms with Crippen molar-refractivity contribution >= 4 is 23.5 Å². The molecule has 1 atom stereocenters. The van der Waals surface area contributed by atoms with E-state index in [2.05, 4.69) is 104 Å². The minimum atomic E-state index is 0.496. The first kappa shape index (κ1) is 22.8. The summed E-state index contributed by atoms with van der Waals surface area (Å²) in [6.45, 7) is 6.40. The lowest BCUT2D eigenvalue weighted by Gasteiger charge is -2.24. The van der Waals surface area contributed by atoms with Gasteiger partial charge in [0.15, 0.2) is 0 Å². The predicted molar refractivity (Wildman–Crippen MR) is 135 cm³/mol. The van der Waals surface area contributed by atoms with Gasteiger partial charge >= 0.3 is 0 Å². The molecule has 0 fully saturated rings. The molecule has 0 bridgehead atoms. The fraction of sp³-hybridized carbons (Fsp3) is 0.286. The molecule has 0 aromatic heterocycles. The Balaban J connectivity index is 1.65. The van der Waals surface area contributed by atoms with Gasteiger partial charge < -0.3 is 0 Å². The molecule has 0 saturated heterocycles. The molecule has 3 aromatic carbocycles. The van der Waals surface area contributed by atoms with Crippen molar-refractivity contribution in [3.8, 4) is 0 Å². The van der Waals surface area contributed by atoms with E-state index in [-0.39, 0.29) is 0 Å². The summed E-state index contributed by atoms with van der Waals surface area (Å²) < 4.78 is 0.496. The van der Waals surface area contributed by atoms with Gasteiger partial charge in [-0.15, -0.1) is 30.1 Å². The van der Waals surface area contributed by atoms with Crippen molar-refractivity contribution in [2.24, 2.45) is 5.92 Å². The zero-order chi connectivity index (χ0) is 21.0. The van der Waals surface area contributed by atoms with Crippen LogP contribution in [0.25, 0.3) is 0 Å². The number of hydrogen-bond acceptors (Lipinski definition) is 2. The van der Waals surface area contributed by atoms with Gasteiger partial charge in [-0.25, -0.2) is 0 Å². The summed E-state index contributed by atoms with van der Waals surface area (Å²) in [5.41, 5.74) is 2.74. The average molecular weight is 433 g/mol. The van der Waals surface area contributed by atoms with Gasteiger partial charge in [0.25, 0.3) is 0 Å². The Morgan fingerprint density at radius 2 is 1.27 bits per heavy atom. The molecule has 0 aliphatic carbocycles. The molecule has 0 nitrogen and oxygen atoms in total. The summed E-state index contributed by atoms with van der Waals surface area (Å²) in [6.07, 6.45) is 5.97. The molecule has 1 unspecified atom stereocenters. The summed E-state index contributed by atoms with van der Waals surface area (Å²) in [5, 5.41) is 0. The number of aryl methyl sites for hydroxylation is 1. The molecular formula is C28H32S2. The molecule has 0 aliphatic heterocycles. The first-order chi connectivity index (χ1) is 14.7. The molecule has 0 radical (unpaired) electrons. The summed E-state index contributed by atoms with van der Waals surface area (Å²) in [6, 6.07) is 32.5. The van der Waals surface area contributed by atoms with E-state index in [0.29, 0.717) is 10.5 Å². The van der Waals surface area contributed by atoms with E-state index in [1.54, 1.807) is 0 Å². The van der Waals surface area contributed by atoms with Crippen LogP contribution in [0.4, 0.5) is 0 Å². The second-order valence-electron chi connectivity index (χ2n) is 7.93. The van der Waals surface area contributed by atoms with E-state index in [9.17, 15) is 0 Å². The molecule has 0 aliphatic rings. The van der Waals surface area contributed by atoms with Crippen molar-refractivity contribution in [3.05, 3.63) is 109 Å². The van der Waals surface area contributed by atoms with Crippen LogP contribution in [-0.2, 0) is 6.42 Å². The van der Waals surface area contributed by atoms with Crippen molar-refractivity contribution in [1.29, 1.82) is 0 Å². The minimum Gasteiger partial charge on any atom is -0.111 e. The number of benzene rings is 3. The van der Waals surface area contributed by atoms with Crippen LogP contribution in [-0.4, -0.2) is 4.58 Å². The van der Waals surface area contributed by atoms with Crippen LogP contribution in [0.1, 0.15) is 38.2 Å². The lowest BCUT2D eigenvalue weighted by Crippen LogP contribution is -2.10. The zero-order valence-electron chi connectivity index (χ0n) is 17.9. The largest absolute Gasteiger partial charge is 0.111 e. The summed E-state index contributed by atoms with van der Waals surface area (Å²) in [7, 11) is 0. The molecule has 3 aromatic rings. The maximum atomic E-state index is 4.22. The van der Waals surface area contributed by atoms with Crippen molar-refractivity contribution < 1.29 is 0 Å². The fourth-order valence-corrected chi connectivity index (χ4v) is 6.56. The van der Waals surface area contributed by atoms with E-state index < -0.39 is 0 Å². The van der Waals surface area contributed by atoms with Crippen molar-refractivity contribution in [2.45, 2.75) is 53.4 Å². The highest BCUT2D eigenvalue weighted by Gasteiger charge is 2.19. The topological polar surface area (TPSA) is 0 Å². The van der Waals surface area contributed by atoms with Crippen LogP contribution >= 0.6 is 23.5 Å². The first-order valence-corrected chi connectivity index (χ1v) is 12.6. The molecule has 0 amide bonds. The molecule has 0 saturated carbocycles. The first-order valence-electron chi connectivity index (χ1n) is 10.8. The lowest BCUT2D eigenvalue weighted by molar-refractivity contribution is 0.448.